The quantitative estimate of drug-likeness (QED) is 0.594. The average molecular weight is 396 g/mol. The van der Waals surface area contributed by atoms with Gasteiger partial charge >= 0.3 is 6.03 Å². The predicted octanol–water partition coefficient (Wildman–Crippen LogP) is 0.362. The Morgan fingerprint density at radius 1 is 1.17 bits per heavy atom. The molecule has 2 saturated heterocycles. The molecule has 5 heterocycles. The first-order valence-corrected chi connectivity index (χ1v) is 9.48. The van der Waals surface area contributed by atoms with E-state index in [0.717, 1.165) is 16.9 Å². The number of hydrogen-bond donors (Lipinski definition) is 3. The van der Waals surface area contributed by atoms with Gasteiger partial charge in [-0.2, -0.15) is 0 Å². The van der Waals surface area contributed by atoms with Crippen LogP contribution in [0.3, 0.4) is 0 Å². The van der Waals surface area contributed by atoms with E-state index in [1.807, 2.05) is 24.8 Å². The number of aromatic amines is 1. The number of carbonyl (C=O) groups excluding carboxylic acids is 3. The minimum atomic E-state index is -1.50. The molecule has 1 spiro atoms. The van der Waals surface area contributed by atoms with Crippen LogP contribution in [0.1, 0.15) is 19.4 Å². The summed E-state index contributed by atoms with van der Waals surface area (Å²) in [7, 11) is 0. The molecule has 0 unspecified atom stereocenters. The average Bonchev–Trinajstić information content (AvgIpc) is 3.20. The van der Waals surface area contributed by atoms with E-state index in [0.29, 0.717) is 12.4 Å². The van der Waals surface area contributed by atoms with Crippen LogP contribution in [0.15, 0.2) is 24.7 Å². The third-order valence-corrected chi connectivity index (χ3v) is 5.91. The summed E-state index contributed by atoms with van der Waals surface area (Å²) in [5.74, 6) is 0.143. The van der Waals surface area contributed by atoms with Gasteiger partial charge in [0.1, 0.15) is 11.6 Å². The highest BCUT2D eigenvalue weighted by molar-refractivity contribution is 6.20. The second kappa shape index (κ2) is 6.11. The zero-order valence-corrected chi connectivity index (χ0v) is 15.9. The molecular weight excluding hydrogens is 376 g/mol. The van der Waals surface area contributed by atoms with Crippen molar-refractivity contribution in [1.29, 1.82) is 0 Å². The number of nitrogens with zero attached hydrogens (tertiary/aromatic N) is 3. The van der Waals surface area contributed by atoms with Crippen molar-refractivity contribution in [1.82, 2.24) is 25.6 Å². The fourth-order valence-corrected chi connectivity index (χ4v) is 4.86. The van der Waals surface area contributed by atoms with E-state index in [1.54, 1.807) is 18.6 Å². The third kappa shape index (κ3) is 2.48. The Morgan fingerprint density at radius 2 is 1.93 bits per heavy atom. The Kier molecular flexibility index (Phi) is 3.75. The lowest BCUT2D eigenvalue weighted by Gasteiger charge is -2.54. The van der Waals surface area contributed by atoms with Gasteiger partial charge in [0.05, 0.1) is 18.2 Å². The van der Waals surface area contributed by atoms with E-state index in [4.69, 9.17) is 4.74 Å². The summed E-state index contributed by atoms with van der Waals surface area (Å²) >= 11 is 0. The third-order valence-electron chi connectivity index (χ3n) is 5.91. The zero-order chi connectivity index (χ0) is 20.3. The summed E-state index contributed by atoms with van der Waals surface area (Å²) in [6.07, 6.45) is 4.67. The molecular formula is C19H20N6O4. The fraction of sp³-hybridized carbons (Fsp3) is 0.421. The molecule has 0 aromatic carbocycles. The van der Waals surface area contributed by atoms with E-state index in [1.165, 1.54) is 0 Å². The highest BCUT2D eigenvalue weighted by atomic mass is 16.5. The summed E-state index contributed by atoms with van der Waals surface area (Å²) in [5.41, 5.74) is 0.00437. The molecule has 3 aliphatic heterocycles. The molecule has 4 amide bonds. The van der Waals surface area contributed by atoms with Crippen LogP contribution >= 0.6 is 0 Å². The fourth-order valence-electron chi connectivity index (χ4n) is 4.86. The Morgan fingerprint density at radius 3 is 2.62 bits per heavy atom. The molecule has 10 nitrogen and oxygen atoms in total. The van der Waals surface area contributed by atoms with Gasteiger partial charge < -0.3 is 14.6 Å². The number of aromatic nitrogens is 3. The predicted molar refractivity (Wildman–Crippen MR) is 101 cm³/mol. The Labute approximate surface area is 166 Å². The van der Waals surface area contributed by atoms with Crippen molar-refractivity contribution in [3.8, 4) is 11.4 Å². The number of imide groups is 2. The van der Waals surface area contributed by atoms with Crippen LogP contribution in [0.2, 0.25) is 0 Å². The summed E-state index contributed by atoms with van der Waals surface area (Å²) in [6.45, 7) is 4.26. The summed E-state index contributed by atoms with van der Waals surface area (Å²) < 4.78 is 5.97. The molecule has 2 aromatic heterocycles. The summed E-state index contributed by atoms with van der Waals surface area (Å²) in [5, 5.41) is 4.55. The number of imidazole rings is 1. The van der Waals surface area contributed by atoms with Crippen molar-refractivity contribution in [2.75, 3.05) is 11.4 Å². The number of rotatable bonds is 1. The largest absolute Gasteiger partial charge is 0.372 e. The maximum atomic E-state index is 13.1. The number of morpholine rings is 1. The molecule has 3 aliphatic rings. The molecule has 0 aliphatic carbocycles. The lowest BCUT2D eigenvalue weighted by atomic mass is 9.67. The Hall–Kier alpha value is -3.27. The number of pyridine rings is 1. The van der Waals surface area contributed by atoms with Gasteiger partial charge in [-0.1, -0.05) is 0 Å². The molecule has 29 heavy (non-hydrogen) atoms. The van der Waals surface area contributed by atoms with Crippen molar-refractivity contribution < 1.29 is 19.1 Å². The normalized spacial score (nSPS) is 27.9. The SMILES string of the molecule is C[C@@H]1CN2c3ncc(-c4ncc[nH]4)cc3CC3(C(=O)NC(=O)NC3=O)[C@H]2[C@H](C)O1. The molecule has 5 rings (SSSR count). The lowest BCUT2D eigenvalue weighted by molar-refractivity contribution is -0.153. The van der Waals surface area contributed by atoms with E-state index < -0.39 is 35.4 Å². The Balaban J connectivity index is 1.69. The Bertz CT molecular complexity index is 1000. The molecule has 2 aromatic rings. The molecule has 2 fully saturated rings. The monoisotopic (exact) mass is 396 g/mol. The van der Waals surface area contributed by atoms with Gasteiger partial charge in [-0.3, -0.25) is 20.2 Å². The standard InChI is InChI=1S/C19H20N6O4/c1-9-8-25-13(10(2)29-9)19(16(26)23-18(28)24-17(19)27)6-11-5-12(7-22-15(11)25)14-20-3-4-21-14/h3-5,7,9-10,13H,6,8H2,1-2H3,(H,20,21)(H2,23,24,26,27,28)/t9-,10+,13-/m1/s1. The number of ether oxygens (including phenoxy) is 1. The summed E-state index contributed by atoms with van der Waals surface area (Å²) in [4.78, 5) is 51.8. The van der Waals surface area contributed by atoms with Crippen molar-refractivity contribution >= 4 is 23.7 Å². The number of amides is 4. The number of anilines is 1. The highest BCUT2D eigenvalue weighted by Crippen LogP contribution is 2.46. The van der Waals surface area contributed by atoms with E-state index in [9.17, 15) is 14.4 Å². The van der Waals surface area contributed by atoms with Crippen molar-refractivity contribution in [3.05, 3.63) is 30.2 Å². The molecule has 0 saturated carbocycles. The van der Waals surface area contributed by atoms with Crippen LogP contribution in [-0.2, 0) is 20.7 Å². The molecule has 150 valence electrons. The van der Waals surface area contributed by atoms with Crippen molar-refractivity contribution in [2.24, 2.45) is 5.41 Å². The van der Waals surface area contributed by atoms with Crippen LogP contribution < -0.4 is 15.5 Å². The number of nitrogens with one attached hydrogen (secondary N) is 3. The number of hydrogen-bond acceptors (Lipinski definition) is 7. The van der Waals surface area contributed by atoms with Gasteiger partial charge in [-0.15, -0.1) is 0 Å². The number of H-pyrrole nitrogens is 1. The first-order valence-electron chi connectivity index (χ1n) is 9.48. The maximum absolute atomic E-state index is 13.1. The minimum absolute atomic E-state index is 0.104. The van der Waals surface area contributed by atoms with Gasteiger partial charge in [0.2, 0.25) is 11.8 Å². The number of barbiturate groups is 1. The van der Waals surface area contributed by atoms with Crippen LogP contribution in [0.25, 0.3) is 11.4 Å². The van der Waals surface area contributed by atoms with Gasteiger partial charge in [-0.05, 0) is 25.5 Å². The minimum Gasteiger partial charge on any atom is -0.372 e. The highest BCUT2D eigenvalue weighted by Gasteiger charge is 2.63. The van der Waals surface area contributed by atoms with Crippen LogP contribution in [0, 0.1) is 5.41 Å². The molecule has 0 bridgehead atoms. The zero-order valence-electron chi connectivity index (χ0n) is 15.9. The second-order valence-corrected chi connectivity index (χ2v) is 7.78. The van der Waals surface area contributed by atoms with E-state index in [2.05, 4.69) is 25.6 Å². The van der Waals surface area contributed by atoms with Crippen LogP contribution in [-0.4, -0.2) is 57.6 Å². The topological polar surface area (TPSA) is 129 Å². The lowest BCUT2D eigenvalue weighted by Crippen LogP contribution is -2.75. The molecule has 0 radical (unpaired) electrons. The van der Waals surface area contributed by atoms with Gasteiger partial charge in [0, 0.05) is 37.1 Å². The summed E-state index contributed by atoms with van der Waals surface area (Å²) in [6, 6.07) is 0.505. The number of carbonyl (C=O) groups is 3. The second-order valence-electron chi connectivity index (χ2n) is 7.78. The van der Waals surface area contributed by atoms with Crippen LogP contribution in [0.4, 0.5) is 10.6 Å². The molecule has 3 N–H and O–H groups in total. The van der Waals surface area contributed by atoms with Gasteiger partial charge in [0.15, 0.2) is 5.41 Å². The van der Waals surface area contributed by atoms with Gasteiger partial charge in [-0.25, -0.2) is 14.8 Å². The maximum Gasteiger partial charge on any atom is 0.328 e. The van der Waals surface area contributed by atoms with Gasteiger partial charge in [0.25, 0.3) is 0 Å². The molecule has 10 heteroatoms. The van der Waals surface area contributed by atoms with E-state index >= 15 is 0 Å². The number of urea groups is 1. The van der Waals surface area contributed by atoms with E-state index in [-0.39, 0.29) is 12.5 Å². The smallest absolute Gasteiger partial charge is 0.328 e. The van der Waals surface area contributed by atoms with Crippen molar-refractivity contribution in [2.45, 2.75) is 38.5 Å². The molecule has 3 atom stereocenters. The number of fused-ring (bicyclic) bond motifs is 4. The first kappa shape index (κ1) is 17.8. The van der Waals surface area contributed by atoms with Crippen LogP contribution in [0.5, 0.6) is 0 Å². The first-order chi connectivity index (χ1) is 13.9. The van der Waals surface area contributed by atoms with Crippen molar-refractivity contribution in [3.63, 3.8) is 0 Å².